The van der Waals surface area contributed by atoms with Crippen LogP contribution in [0, 0.1) is 46.7 Å². The average Bonchev–Trinajstić information content (AvgIpc) is 3.59. The minimum Gasteiger partial charge on any atom is -0.300 e. The fourth-order valence-corrected chi connectivity index (χ4v) is 4.26. The van der Waals surface area contributed by atoms with Crippen LogP contribution in [-0.4, -0.2) is 5.78 Å². The molecule has 7 heteroatoms. The van der Waals surface area contributed by atoms with E-state index >= 15 is 0 Å². The Morgan fingerprint density at radius 1 is 0.667 bits per heavy atom. The quantitative estimate of drug-likeness (QED) is 0.345. The van der Waals surface area contributed by atoms with Gasteiger partial charge in [0.25, 0.3) is 0 Å². The van der Waals surface area contributed by atoms with E-state index in [4.69, 9.17) is 0 Å². The maximum atomic E-state index is 13.7. The zero-order valence-corrected chi connectivity index (χ0v) is 16.0. The van der Waals surface area contributed by atoms with Crippen molar-refractivity contribution in [3.05, 3.63) is 70.3 Å². The van der Waals surface area contributed by atoms with Gasteiger partial charge in [0.05, 0.1) is 0 Å². The summed E-state index contributed by atoms with van der Waals surface area (Å²) in [5.74, 6) is -9.20. The molecule has 0 bridgehead atoms. The molecule has 30 heavy (non-hydrogen) atoms. The van der Waals surface area contributed by atoms with Crippen LogP contribution in [0.1, 0.15) is 61.5 Å². The van der Waals surface area contributed by atoms with Crippen molar-refractivity contribution in [2.75, 3.05) is 0 Å². The van der Waals surface area contributed by atoms with Crippen molar-refractivity contribution in [1.82, 2.24) is 0 Å². The van der Waals surface area contributed by atoms with E-state index < -0.39 is 46.7 Å². The van der Waals surface area contributed by atoms with Gasteiger partial charge < -0.3 is 0 Å². The second kappa shape index (κ2) is 8.08. The molecular weight excluding hydrogens is 406 g/mol. The molecule has 2 aliphatic rings. The van der Waals surface area contributed by atoms with Crippen LogP contribution in [0.5, 0.6) is 0 Å². The fourth-order valence-electron chi connectivity index (χ4n) is 4.26. The summed E-state index contributed by atoms with van der Waals surface area (Å²) in [4.78, 5) is 12.8. The molecular formula is C23H20F6O. The third-order valence-electron chi connectivity index (χ3n) is 6.15. The number of hydrogen-bond donors (Lipinski definition) is 0. The summed E-state index contributed by atoms with van der Waals surface area (Å²) < 4.78 is 81.3. The lowest BCUT2D eigenvalue weighted by Gasteiger charge is -2.20. The lowest BCUT2D eigenvalue weighted by Crippen LogP contribution is -2.15. The number of carbonyl (C=O) groups is 1. The second-order valence-electron chi connectivity index (χ2n) is 8.43. The summed E-state index contributed by atoms with van der Waals surface area (Å²) in [5.41, 5.74) is 0.480. The summed E-state index contributed by atoms with van der Waals surface area (Å²) in [6.07, 6.45) is 3.23. The van der Waals surface area contributed by atoms with E-state index in [1.165, 1.54) is 0 Å². The lowest BCUT2D eigenvalue weighted by molar-refractivity contribution is -0.120. The van der Waals surface area contributed by atoms with Crippen molar-refractivity contribution in [1.29, 1.82) is 0 Å². The molecule has 2 saturated carbocycles. The first-order valence-corrected chi connectivity index (χ1v) is 10.0. The average molecular weight is 426 g/mol. The van der Waals surface area contributed by atoms with Crippen molar-refractivity contribution in [2.45, 2.75) is 50.4 Å². The molecule has 0 amide bonds. The second-order valence-corrected chi connectivity index (χ2v) is 8.43. The Balaban J connectivity index is 1.53. The fraction of sp³-hybridized carbons (Fsp3) is 0.435. The number of hydrogen-bond acceptors (Lipinski definition) is 1. The molecule has 0 aromatic heterocycles. The number of halogens is 6. The molecule has 2 fully saturated rings. The van der Waals surface area contributed by atoms with E-state index in [0.717, 1.165) is 49.9 Å². The Bertz CT molecular complexity index is 856. The Hall–Kier alpha value is -2.31. The zero-order valence-electron chi connectivity index (χ0n) is 16.0. The van der Waals surface area contributed by atoms with Gasteiger partial charge in [-0.3, -0.25) is 4.79 Å². The van der Waals surface area contributed by atoms with Gasteiger partial charge in [0.15, 0.2) is 34.9 Å². The molecule has 160 valence electrons. The van der Waals surface area contributed by atoms with Crippen molar-refractivity contribution < 1.29 is 31.1 Å². The number of ketones is 1. The standard InChI is InChI=1S/C23H20F6O/c24-18-5-13(6-19(25)22(18)28)16(11-1-2-11)9-15(30)10-17(12-3-4-12)14-7-20(26)23(29)21(27)8-14/h5-8,11-12,16-17H,1-4,9-10H2/t16-,17-/m0/s1. The molecule has 0 spiro atoms. The summed E-state index contributed by atoms with van der Waals surface area (Å²) in [7, 11) is 0. The minimum atomic E-state index is -1.55. The third-order valence-corrected chi connectivity index (χ3v) is 6.15. The van der Waals surface area contributed by atoms with E-state index in [1.807, 2.05) is 0 Å². The summed E-state index contributed by atoms with van der Waals surface area (Å²) >= 11 is 0. The van der Waals surface area contributed by atoms with E-state index in [-0.39, 0.29) is 41.6 Å². The number of carbonyl (C=O) groups excluding carboxylic acids is 1. The maximum Gasteiger partial charge on any atom is 0.194 e. The summed E-state index contributed by atoms with van der Waals surface area (Å²) in [5, 5.41) is 0. The molecule has 4 rings (SSSR count). The molecule has 2 aromatic carbocycles. The Labute approximate surface area is 170 Å². The normalized spacial score (nSPS) is 18.3. The van der Waals surface area contributed by atoms with Gasteiger partial charge in [0.1, 0.15) is 5.78 Å². The number of Topliss-reactive ketones (excluding diaryl/α,β-unsaturated/α-hetero) is 1. The van der Waals surface area contributed by atoms with Crippen LogP contribution in [0.15, 0.2) is 24.3 Å². The largest absolute Gasteiger partial charge is 0.300 e. The smallest absolute Gasteiger partial charge is 0.194 e. The van der Waals surface area contributed by atoms with Crippen molar-refractivity contribution in [2.24, 2.45) is 11.8 Å². The van der Waals surface area contributed by atoms with Crippen molar-refractivity contribution in [3.8, 4) is 0 Å². The van der Waals surface area contributed by atoms with E-state index in [9.17, 15) is 31.1 Å². The van der Waals surface area contributed by atoms with Crippen LogP contribution in [0.4, 0.5) is 26.3 Å². The molecule has 2 aliphatic carbocycles. The molecule has 0 unspecified atom stereocenters. The highest BCUT2D eigenvalue weighted by atomic mass is 19.2. The summed E-state index contributed by atoms with van der Waals surface area (Å²) in [6, 6.07) is 3.71. The highest BCUT2D eigenvalue weighted by Crippen LogP contribution is 2.48. The van der Waals surface area contributed by atoms with Gasteiger partial charge in [-0.05, 0) is 84.7 Å². The third kappa shape index (κ3) is 4.40. The molecule has 0 aliphatic heterocycles. The first kappa shape index (κ1) is 20.9. The van der Waals surface area contributed by atoms with Gasteiger partial charge in [-0.1, -0.05) is 0 Å². The van der Waals surface area contributed by atoms with Gasteiger partial charge in [0.2, 0.25) is 0 Å². The van der Waals surface area contributed by atoms with Crippen molar-refractivity contribution in [3.63, 3.8) is 0 Å². The number of rotatable bonds is 8. The first-order chi connectivity index (χ1) is 14.2. The predicted octanol–water partition coefficient (Wildman–Crippen LogP) is 6.56. The summed E-state index contributed by atoms with van der Waals surface area (Å²) in [6.45, 7) is 0. The maximum absolute atomic E-state index is 13.7. The molecule has 0 heterocycles. The van der Waals surface area contributed by atoms with Gasteiger partial charge in [-0.25, -0.2) is 26.3 Å². The van der Waals surface area contributed by atoms with Gasteiger partial charge in [-0.2, -0.15) is 0 Å². The molecule has 0 saturated heterocycles. The van der Waals surface area contributed by atoms with Gasteiger partial charge >= 0.3 is 0 Å². The highest BCUT2D eigenvalue weighted by Gasteiger charge is 2.38. The first-order valence-electron chi connectivity index (χ1n) is 10.0. The molecule has 2 atom stereocenters. The van der Waals surface area contributed by atoms with Gasteiger partial charge in [0, 0.05) is 12.8 Å². The van der Waals surface area contributed by atoms with Crippen LogP contribution in [0.25, 0.3) is 0 Å². The lowest BCUT2D eigenvalue weighted by atomic mass is 9.83. The SMILES string of the molecule is O=C(C[C@H](c1cc(F)c(F)c(F)c1)C1CC1)C[C@H](c1cc(F)c(F)c(F)c1)C1CC1. The predicted molar refractivity (Wildman–Crippen MR) is 97.8 cm³/mol. The number of benzene rings is 2. The Morgan fingerprint density at radius 3 is 1.23 bits per heavy atom. The highest BCUT2D eigenvalue weighted by molar-refractivity contribution is 5.80. The van der Waals surface area contributed by atoms with Crippen molar-refractivity contribution >= 4 is 5.78 Å². The van der Waals surface area contributed by atoms with Crippen LogP contribution in [0.2, 0.25) is 0 Å². The zero-order chi connectivity index (χ0) is 21.6. The minimum absolute atomic E-state index is 0.00452. The van der Waals surface area contributed by atoms with Crippen LogP contribution >= 0.6 is 0 Å². The molecule has 0 N–H and O–H groups in total. The van der Waals surface area contributed by atoms with E-state index in [0.29, 0.717) is 0 Å². The Kier molecular flexibility index (Phi) is 5.64. The van der Waals surface area contributed by atoms with Gasteiger partial charge in [-0.15, -0.1) is 0 Å². The molecule has 0 radical (unpaired) electrons. The Morgan fingerprint density at radius 2 is 0.967 bits per heavy atom. The molecule has 1 nitrogen and oxygen atoms in total. The molecule has 2 aromatic rings. The van der Waals surface area contributed by atoms with E-state index in [1.54, 1.807) is 0 Å². The monoisotopic (exact) mass is 426 g/mol. The van der Waals surface area contributed by atoms with Crippen LogP contribution in [-0.2, 0) is 4.79 Å². The van der Waals surface area contributed by atoms with E-state index in [2.05, 4.69) is 0 Å². The van der Waals surface area contributed by atoms with Crippen LogP contribution < -0.4 is 0 Å². The van der Waals surface area contributed by atoms with Crippen LogP contribution in [0.3, 0.4) is 0 Å². The topological polar surface area (TPSA) is 17.1 Å².